The Labute approximate surface area is 171 Å². The topological polar surface area (TPSA) is 101 Å². The van der Waals surface area contributed by atoms with Gasteiger partial charge in [0.15, 0.2) is 11.5 Å². The van der Waals surface area contributed by atoms with Gasteiger partial charge in [0.25, 0.3) is 5.91 Å². The van der Waals surface area contributed by atoms with Crippen molar-refractivity contribution in [1.82, 2.24) is 19.6 Å². The van der Waals surface area contributed by atoms with E-state index in [0.717, 1.165) is 30.6 Å². The first-order chi connectivity index (χ1) is 14.5. The number of pyridine rings is 1. The first kappa shape index (κ1) is 18.4. The maximum absolute atomic E-state index is 14.4. The van der Waals surface area contributed by atoms with Crippen LogP contribution in [-0.2, 0) is 0 Å². The zero-order valence-electron chi connectivity index (χ0n) is 16.3. The maximum Gasteiger partial charge on any atom is 0.257 e. The summed E-state index contributed by atoms with van der Waals surface area (Å²) >= 11 is 0. The second-order valence-electron chi connectivity index (χ2n) is 7.56. The Morgan fingerprint density at radius 1 is 1.30 bits per heavy atom. The van der Waals surface area contributed by atoms with Crippen LogP contribution >= 0.6 is 0 Å². The highest BCUT2D eigenvalue weighted by molar-refractivity contribution is 6.13. The van der Waals surface area contributed by atoms with Crippen molar-refractivity contribution in [3.05, 3.63) is 59.9 Å². The Morgan fingerprint density at radius 2 is 2.17 bits per heavy atom. The van der Waals surface area contributed by atoms with E-state index in [1.807, 2.05) is 12.1 Å². The second kappa shape index (κ2) is 7.03. The number of aromatic nitrogens is 4. The Bertz CT molecular complexity index is 1290. The molecular formula is C21H20FN7O. The first-order valence-electron chi connectivity index (χ1n) is 9.71. The Kier molecular flexibility index (Phi) is 4.32. The smallest absolute Gasteiger partial charge is 0.257 e. The average Bonchev–Trinajstić information content (AvgIpc) is 3.32. The van der Waals surface area contributed by atoms with Crippen LogP contribution in [0.4, 0.5) is 15.8 Å². The van der Waals surface area contributed by atoms with E-state index in [1.54, 1.807) is 36.0 Å². The summed E-state index contributed by atoms with van der Waals surface area (Å²) in [6, 6.07) is 6.86. The number of amides is 1. The molecule has 3 aromatic heterocycles. The van der Waals surface area contributed by atoms with Crippen LogP contribution in [0.1, 0.15) is 22.5 Å². The molecule has 1 amide bonds. The molecule has 0 spiro atoms. The van der Waals surface area contributed by atoms with Crippen LogP contribution in [-0.4, -0.2) is 44.6 Å². The molecule has 8 nitrogen and oxygen atoms in total. The van der Waals surface area contributed by atoms with Gasteiger partial charge in [-0.2, -0.15) is 5.10 Å². The number of nitrogens with zero attached hydrogens (tertiary/aromatic N) is 5. The monoisotopic (exact) mass is 405 g/mol. The van der Waals surface area contributed by atoms with Crippen LogP contribution < -0.4 is 16.0 Å². The predicted octanol–water partition coefficient (Wildman–Crippen LogP) is 2.51. The summed E-state index contributed by atoms with van der Waals surface area (Å²) < 4.78 is 15.9. The van der Waals surface area contributed by atoms with Crippen LogP contribution in [0.25, 0.3) is 16.6 Å². The molecule has 4 aromatic rings. The number of rotatable bonds is 3. The number of hydrogen-bond donors (Lipinski definition) is 2. The minimum atomic E-state index is -0.508. The lowest BCUT2D eigenvalue weighted by Gasteiger charge is -2.20. The highest BCUT2D eigenvalue weighted by Gasteiger charge is 2.23. The van der Waals surface area contributed by atoms with Gasteiger partial charge in [0.1, 0.15) is 5.52 Å². The van der Waals surface area contributed by atoms with Gasteiger partial charge in [0.2, 0.25) is 0 Å². The maximum atomic E-state index is 14.4. The standard InChI is InChI=1S/C21H20FN7O/c1-12-9-29-11-14(8-17(22)20(29)25-12)26-21(30)16-2-3-18(28-7-5-13(23)10-28)15-4-6-24-27-19(15)16/h2-4,6,8-9,11,13H,5,7,10,23H2,1H3,(H,26,30). The summed E-state index contributed by atoms with van der Waals surface area (Å²) in [5, 5.41) is 11.8. The minimum absolute atomic E-state index is 0.134. The van der Waals surface area contributed by atoms with Crippen molar-refractivity contribution >= 4 is 33.8 Å². The molecule has 1 aromatic carbocycles. The van der Waals surface area contributed by atoms with Gasteiger partial charge in [-0.25, -0.2) is 9.37 Å². The fraction of sp³-hybridized carbons (Fsp3) is 0.238. The van der Waals surface area contributed by atoms with Gasteiger partial charge in [0, 0.05) is 48.7 Å². The van der Waals surface area contributed by atoms with E-state index in [9.17, 15) is 9.18 Å². The second-order valence-corrected chi connectivity index (χ2v) is 7.56. The molecule has 1 aliphatic rings. The molecule has 0 saturated carbocycles. The number of nitrogens with one attached hydrogen (secondary N) is 1. The number of halogens is 1. The Balaban J connectivity index is 1.51. The molecule has 0 radical (unpaired) electrons. The summed E-state index contributed by atoms with van der Waals surface area (Å²) in [6.07, 6.45) is 5.85. The van der Waals surface area contributed by atoms with Crippen molar-refractivity contribution < 1.29 is 9.18 Å². The number of imidazole rings is 1. The number of carbonyl (C=O) groups excluding carboxylic acids is 1. The fourth-order valence-electron chi connectivity index (χ4n) is 3.98. The van der Waals surface area contributed by atoms with Crippen molar-refractivity contribution in [3.8, 4) is 0 Å². The fourth-order valence-corrected chi connectivity index (χ4v) is 3.98. The van der Waals surface area contributed by atoms with E-state index < -0.39 is 5.82 Å². The van der Waals surface area contributed by atoms with Crippen molar-refractivity contribution in [2.45, 2.75) is 19.4 Å². The molecular weight excluding hydrogens is 385 g/mol. The van der Waals surface area contributed by atoms with Gasteiger partial charge in [0.05, 0.1) is 23.1 Å². The zero-order valence-corrected chi connectivity index (χ0v) is 16.3. The number of benzene rings is 1. The summed E-state index contributed by atoms with van der Waals surface area (Å²) in [5.74, 6) is -0.896. The molecule has 1 unspecified atom stereocenters. The van der Waals surface area contributed by atoms with Crippen LogP contribution in [0.15, 0.2) is 42.9 Å². The highest BCUT2D eigenvalue weighted by Crippen LogP contribution is 2.30. The zero-order chi connectivity index (χ0) is 20.8. The van der Waals surface area contributed by atoms with E-state index in [2.05, 4.69) is 25.4 Å². The largest absolute Gasteiger partial charge is 0.369 e. The summed E-state index contributed by atoms with van der Waals surface area (Å²) in [4.78, 5) is 19.3. The minimum Gasteiger partial charge on any atom is -0.369 e. The third-order valence-corrected chi connectivity index (χ3v) is 5.35. The molecule has 0 aliphatic carbocycles. The third kappa shape index (κ3) is 3.13. The Morgan fingerprint density at radius 3 is 2.97 bits per heavy atom. The van der Waals surface area contributed by atoms with E-state index >= 15 is 0 Å². The molecule has 30 heavy (non-hydrogen) atoms. The normalized spacial score (nSPS) is 16.5. The average molecular weight is 405 g/mol. The van der Waals surface area contributed by atoms with Crippen molar-refractivity contribution in [2.24, 2.45) is 5.73 Å². The van der Waals surface area contributed by atoms with Gasteiger partial charge >= 0.3 is 0 Å². The lowest BCUT2D eigenvalue weighted by atomic mass is 10.1. The number of hydrogen-bond acceptors (Lipinski definition) is 6. The Hall–Kier alpha value is -3.59. The predicted molar refractivity (Wildman–Crippen MR) is 112 cm³/mol. The van der Waals surface area contributed by atoms with Crippen molar-refractivity contribution in [3.63, 3.8) is 0 Å². The van der Waals surface area contributed by atoms with Crippen LogP contribution in [0.2, 0.25) is 0 Å². The van der Waals surface area contributed by atoms with E-state index in [4.69, 9.17) is 5.73 Å². The molecule has 1 fully saturated rings. The van der Waals surface area contributed by atoms with Gasteiger partial charge in [-0.1, -0.05) is 0 Å². The molecule has 1 aliphatic heterocycles. The van der Waals surface area contributed by atoms with Crippen LogP contribution in [0.3, 0.4) is 0 Å². The van der Waals surface area contributed by atoms with Gasteiger partial charge in [-0.05, 0) is 31.5 Å². The summed E-state index contributed by atoms with van der Waals surface area (Å²) in [7, 11) is 0. The van der Waals surface area contributed by atoms with Crippen LogP contribution in [0, 0.1) is 12.7 Å². The SMILES string of the molecule is Cc1cn2cc(NC(=O)c3ccc(N4CCC(N)C4)c4ccnnc34)cc(F)c2n1. The number of fused-ring (bicyclic) bond motifs is 2. The molecule has 3 N–H and O–H groups in total. The van der Waals surface area contributed by atoms with Gasteiger partial charge in [-0.15, -0.1) is 5.10 Å². The van der Waals surface area contributed by atoms with E-state index in [1.165, 1.54) is 6.07 Å². The molecule has 9 heteroatoms. The summed E-state index contributed by atoms with van der Waals surface area (Å²) in [6.45, 7) is 3.39. The first-order valence-corrected chi connectivity index (χ1v) is 9.71. The lowest BCUT2D eigenvalue weighted by molar-refractivity contribution is 0.102. The molecule has 4 heterocycles. The van der Waals surface area contributed by atoms with Crippen LogP contribution in [0.5, 0.6) is 0 Å². The van der Waals surface area contributed by atoms with Gasteiger partial charge < -0.3 is 20.4 Å². The quantitative estimate of drug-likeness (QED) is 0.543. The van der Waals surface area contributed by atoms with Crippen molar-refractivity contribution in [1.29, 1.82) is 0 Å². The number of anilines is 2. The molecule has 0 bridgehead atoms. The molecule has 1 saturated heterocycles. The van der Waals surface area contributed by atoms with Crippen molar-refractivity contribution in [2.75, 3.05) is 23.3 Å². The molecule has 5 rings (SSSR count). The number of carbonyl (C=O) groups is 1. The third-order valence-electron chi connectivity index (χ3n) is 5.35. The van der Waals surface area contributed by atoms with Gasteiger partial charge in [-0.3, -0.25) is 4.79 Å². The lowest BCUT2D eigenvalue weighted by Crippen LogP contribution is -2.26. The van der Waals surface area contributed by atoms with E-state index in [-0.39, 0.29) is 17.6 Å². The summed E-state index contributed by atoms with van der Waals surface area (Å²) in [5.41, 5.74) is 9.13. The highest BCUT2D eigenvalue weighted by atomic mass is 19.1. The van der Waals surface area contributed by atoms with E-state index in [0.29, 0.717) is 22.5 Å². The molecule has 152 valence electrons. The number of nitrogens with two attached hydrogens (primary N) is 1. The molecule has 1 atom stereocenters. The number of aryl methyl sites for hydroxylation is 1.